The molecule has 0 fully saturated rings. The smallest absolute Gasteiger partial charge is 0.340 e. The Hall–Kier alpha value is -3.09. The molecule has 29 heavy (non-hydrogen) atoms. The molecule has 0 aliphatic rings. The number of unbranched alkanes of at least 4 members (excludes halogenated alkanes) is 1. The van der Waals surface area contributed by atoms with Gasteiger partial charge in [-0.05, 0) is 38.0 Å². The van der Waals surface area contributed by atoms with Crippen molar-refractivity contribution in [3.05, 3.63) is 40.7 Å². The summed E-state index contributed by atoms with van der Waals surface area (Å²) in [6.45, 7) is 6.05. The fraction of sp³-hybridized carbons (Fsp3) is 0.409. The topological polar surface area (TPSA) is 84.0 Å². The number of methoxy groups -OCH3 is 3. The number of pyridine rings is 1. The third kappa shape index (κ3) is 4.67. The van der Waals surface area contributed by atoms with Gasteiger partial charge in [0, 0.05) is 5.56 Å². The minimum absolute atomic E-state index is 0.209. The summed E-state index contributed by atoms with van der Waals surface area (Å²) in [5.41, 5.74) is 2.32. The Morgan fingerprint density at radius 1 is 0.931 bits per heavy atom. The van der Waals surface area contributed by atoms with Gasteiger partial charge in [0.25, 0.3) is 0 Å². The zero-order chi connectivity index (χ0) is 21.6. The Labute approximate surface area is 170 Å². The van der Waals surface area contributed by atoms with Crippen molar-refractivity contribution in [3.8, 4) is 22.6 Å². The molecule has 1 aromatic heterocycles. The molecule has 0 unspecified atom stereocenters. The summed E-state index contributed by atoms with van der Waals surface area (Å²) in [6, 6.07) is 5.27. The number of benzene rings is 1. The van der Waals surface area contributed by atoms with Crippen LogP contribution in [0.1, 0.15) is 51.9 Å². The van der Waals surface area contributed by atoms with E-state index in [0.717, 1.165) is 12.8 Å². The Balaban J connectivity index is 2.74. The second-order valence-corrected chi connectivity index (χ2v) is 6.46. The van der Waals surface area contributed by atoms with Gasteiger partial charge in [0.05, 0.1) is 50.5 Å². The maximum atomic E-state index is 12.5. The van der Waals surface area contributed by atoms with Gasteiger partial charge in [0.2, 0.25) is 0 Å². The number of carbonyl (C=O) groups excluding carboxylic acids is 2. The molecule has 0 N–H and O–H groups in total. The van der Waals surface area contributed by atoms with Gasteiger partial charge in [0.15, 0.2) is 11.5 Å². The van der Waals surface area contributed by atoms with E-state index in [2.05, 4.69) is 11.9 Å². The van der Waals surface area contributed by atoms with E-state index >= 15 is 0 Å². The van der Waals surface area contributed by atoms with E-state index in [1.54, 1.807) is 32.0 Å². The highest BCUT2D eigenvalue weighted by atomic mass is 16.5. The van der Waals surface area contributed by atoms with Crippen LogP contribution < -0.4 is 9.47 Å². The molecule has 0 amide bonds. The lowest BCUT2D eigenvalue weighted by Gasteiger charge is -2.18. The molecule has 0 radical (unpaired) electrons. The van der Waals surface area contributed by atoms with Crippen molar-refractivity contribution in [1.29, 1.82) is 0 Å². The highest BCUT2D eigenvalue weighted by molar-refractivity contribution is 6.07. The van der Waals surface area contributed by atoms with Crippen LogP contribution in [0.2, 0.25) is 0 Å². The number of hydrogen-bond acceptors (Lipinski definition) is 7. The quantitative estimate of drug-likeness (QED) is 0.486. The predicted octanol–water partition coefficient (Wildman–Crippen LogP) is 4.13. The van der Waals surface area contributed by atoms with Crippen molar-refractivity contribution in [1.82, 2.24) is 4.98 Å². The van der Waals surface area contributed by atoms with Gasteiger partial charge < -0.3 is 18.9 Å². The molecule has 0 aliphatic carbocycles. The Bertz CT molecular complexity index is 866. The van der Waals surface area contributed by atoms with Gasteiger partial charge in [-0.3, -0.25) is 4.98 Å². The molecule has 7 nitrogen and oxygen atoms in total. The van der Waals surface area contributed by atoms with Gasteiger partial charge in [-0.25, -0.2) is 9.59 Å². The summed E-state index contributed by atoms with van der Waals surface area (Å²) >= 11 is 0. The maximum absolute atomic E-state index is 12.5. The summed E-state index contributed by atoms with van der Waals surface area (Å²) < 4.78 is 21.2. The lowest BCUT2D eigenvalue weighted by molar-refractivity contribution is 0.0599. The summed E-state index contributed by atoms with van der Waals surface area (Å²) in [4.78, 5) is 29.4. The maximum Gasteiger partial charge on any atom is 0.340 e. The number of hydrogen-bond donors (Lipinski definition) is 0. The number of aryl methyl sites for hydroxylation is 2. The third-order valence-corrected chi connectivity index (χ3v) is 4.55. The summed E-state index contributed by atoms with van der Waals surface area (Å²) in [7, 11) is 4.11. The predicted molar refractivity (Wildman–Crippen MR) is 109 cm³/mol. The van der Waals surface area contributed by atoms with Crippen LogP contribution in [0, 0.1) is 13.8 Å². The molecular weight excluding hydrogens is 374 g/mol. The first-order valence-corrected chi connectivity index (χ1v) is 9.38. The van der Waals surface area contributed by atoms with Crippen molar-refractivity contribution >= 4 is 11.9 Å². The molecule has 2 rings (SSSR count). The fourth-order valence-corrected chi connectivity index (χ4v) is 3.11. The molecule has 0 atom stereocenters. The van der Waals surface area contributed by atoms with E-state index in [1.807, 2.05) is 0 Å². The Kier molecular flexibility index (Phi) is 7.59. The van der Waals surface area contributed by atoms with Crippen LogP contribution in [0.3, 0.4) is 0 Å². The van der Waals surface area contributed by atoms with E-state index in [0.29, 0.717) is 40.6 Å². The summed E-state index contributed by atoms with van der Waals surface area (Å²) in [5.74, 6) is -0.0847. The van der Waals surface area contributed by atoms with E-state index in [9.17, 15) is 9.59 Å². The molecule has 0 bridgehead atoms. The zero-order valence-electron chi connectivity index (χ0n) is 17.8. The van der Waals surface area contributed by atoms with Gasteiger partial charge in [-0.1, -0.05) is 19.4 Å². The van der Waals surface area contributed by atoms with Crippen LogP contribution in [0.4, 0.5) is 0 Å². The molecule has 0 aliphatic heterocycles. The van der Waals surface area contributed by atoms with Gasteiger partial charge in [-0.2, -0.15) is 0 Å². The average molecular weight is 401 g/mol. The number of aromatic nitrogens is 1. The van der Waals surface area contributed by atoms with Crippen molar-refractivity contribution in [3.63, 3.8) is 0 Å². The van der Waals surface area contributed by atoms with Crippen LogP contribution in [0.15, 0.2) is 18.2 Å². The van der Waals surface area contributed by atoms with Crippen LogP contribution in [-0.2, 0) is 9.47 Å². The highest BCUT2D eigenvalue weighted by Crippen LogP contribution is 2.37. The Morgan fingerprint density at radius 3 is 2.00 bits per heavy atom. The van der Waals surface area contributed by atoms with Crippen molar-refractivity contribution in [2.75, 3.05) is 27.9 Å². The second-order valence-electron chi connectivity index (χ2n) is 6.46. The number of esters is 2. The van der Waals surface area contributed by atoms with Crippen LogP contribution in [-0.4, -0.2) is 44.9 Å². The van der Waals surface area contributed by atoms with E-state index in [4.69, 9.17) is 18.9 Å². The Morgan fingerprint density at radius 2 is 1.52 bits per heavy atom. The second kappa shape index (κ2) is 9.91. The lowest BCUT2D eigenvalue weighted by Crippen LogP contribution is -2.16. The SMILES string of the molecule is CCCCOc1ccc(-c2c(C(=O)OC)c(C)nc(C)c2C(=O)OC)cc1OC. The first kappa shape index (κ1) is 22.2. The van der Waals surface area contributed by atoms with E-state index in [-0.39, 0.29) is 11.1 Å². The molecular formula is C22H27NO6. The fourth-order valence-electron chi connectivity index (χ4n) is 3.11. The molecule has 1 aromatic carbocycles. The average Bonchev–Trinajstić information content (AvgIpc) is 2.72. The lowest BCUT2D eigenvalue weighted by atomic mass is 9.92. The third-order valence-electron chi connectivity index (χ3n) is 4.55. The number of nitrogens with zero attached hydrogens (tertiary/aromatic N) is 1. The highest BCUT2D eigenvalue weighted by Gasteiger charge is 2.27. The van der Waals surface area contributed by atoms with Crippen LogP contribution >= 0.6 is 0 Å². The van der Waals surface area contributed by atoms with Crippen LogP contribution in [0.5, 0.6) is 11.5 Å². The van der Waals surface area contributed by atoms with E-state index < -0.39 is 11.9 Å². The first-order valence-electron chi connectivity index (χ1n) is 9.38. The normalized spacial score (nSPS) is 10.4. The molecule has 1 heterocycles. The first-order chi connectivity index (χ1) is 13.9. The van der Waals surface area contributed by atoms with Gasteiger partial charge >= 0.3 is 11.9 Å². The molecule has 0 saturated carbocycles. The molecule has 2 aromatic rings. The largest absolute Gasteiger partial charge is 0.493 e. The van der Waals surface area contributed by atoms with E-state index in [1.165, 1.54) is 21.3 Å². The number of carbonyl (C=O) groups is 2. The van der Waals surface area contributed by atoms with Crippen molar-refractivity contribution in [2.45, 2.75) is 33.6 Å². The molecule has 0 saturated heterocycles. The molecule has 156 valence electrons. The van der Waals surface area contributed by atoms with Gasteiger partial charge in [0.1, 0.15) is 0 Å². The minimum Gasteiger partial charge on any atom is -0.493 e. The zero-order valence-corrected chi connectivity index (χ0v) is 17.8. The van der Waals surface area contributed by atoms with Crippen molar-refractivity contribution in [2.24, 2.45) is 0 Å². The summed E-state index contributed by atoms with van der Waals surface area (Å²) in [6.07, 6.45) is 1.94. The van der Waals surface area contributed by atoms with Gasteiger partial charge in [-0.15, -0.1) is 0 Å². The molecule has 7 heteroatoms. The van der Waals surface area contributed by atoms with Crippen molar-refractivity contribution < 1.29 is 28.5 Å². The van der Waals surface area contributed by atoms with Crippen LogP contribution in [0.25, 0.3) is 11.1 Å². The number of ether oxygens (including phenoxy) is 4. The number of rotatable bonds is 8. The minimum atomic E-state index is -0.586. The summed E-state index contributed by atoms with van der Waals surface area (Å²) in [5, 5.41) is 0. The monoisotopic (exact) mass is 401 g/mol. The molecule has 0 spiro atoms. The standard InChI is InChI=1S/C22H27NO6/c1-7-8-11-29-16-10-9-15(12-17(16)26-4)20-18(21(24)27-5)13(2)23-14(3)19(20)22(25)28-6/h9-10,12H,7-8,11H2,1-6H3.